The minimum Gasteiger partial charge on any atom is -0.550 e. The van der Waals surface area contributed by atoms with Gasteiger partial charge in [0.05, 0.1) is 12.7 Å². The highest BCUT2D eigenvalue weighted by Gasteiger charge is 2.43. The van der Waals surface area contributed by atoms with E-state index >= 15 is 0 Å². The summed E-state index contributed by atoms with van der Waals surface area (Å²) < 4.78 is 5.10. The molecule has 2 unspecified atom stereocenters. The molecule has 4 nitrogen and oxygen atoms in total. The second-order valence-corrected chi connectivity index (χ2v) is 4.60. The van der Waals surface area contributed by atoms with Crippen LogP contribution < -0.4 is 9.84 Å². The van der Waals surface area contributed by atoms with Crippen LogP contribution in [0.4, 0.5) is 0 Å². The van der Waals surface area contributed by atoms with Crippen LogP contribution in [0, 0.1) is 5.92 Å². The first-order chi connectivity index (χ1) is 7.97. The Bertz CT molecular complexity index is 455. The number of rotatable bonds is 3. The Hall–Kier alpha value is -1.55. The van der Waals surface area contributed by atoms with Crippen LogP contribution in [-0.2, 0) is 16.8 Å². The number of fused-ring (bicyclic) bond motifs is 1. The smallest absolute Gasteiger partial charge is 0.119 e. The molecule has 0 fully saturated rings. The van der Waals surface area contributed by atoms with E-state index in [1.54, 1.807) is 6.07 Å². The normalized spacial score (nSPS) is 26.6. The molecular weight excluding hydrogens is 220 g/mol. The van der Waals surface area contributed by atoms with Gasteiger partial charge in [-0.1, -0.05) is 13.0 Å². The predicted octanol–water partition coefficient (Wildman–Crippen LogP) is 0.215. The number of carbonyl (C=O) groups is 1. The lowest BCUT2D eigenvalue weighted by molar-refractivity contribution is -0.310. The maximum atomic E-state index is 10.8. The third-order valence-corrected chi connectivity index (χ3v) is 3.54. The molecule has 0 aliphatic heterocycles. The van der Waals surface area contributed by atoms with Gasteiger partial charge in [-0.2, -0.15) is 0 Å². The number of carbonyl (C=O) groups excluding carboxylic acids is 1. The zero-order chi connectivity index (χ0) is 12.6. The molecule has 0 radical (unpaired) electrons. The lowest BCUT2D eigenvalue weighted by atomic mass is 9.85. The van der Waals surface area contributed by atoms with Crippen molar-refractivity contribution in [2.75, 3.05) is 7.11 Å². The lowest BCUT2D eigenvalue weighted by Gasteiger charge is -2.29. The number of carboxylic acid groups (broad SMARTS) is 1. The van der Waals surface area contributed by atoms with E-state index in [1.165, 1.54) is 7.11 Å². The molecule has 4 heteroatoms. The van der Waals surface area contributed by atoms with Gasteiger partial charge in [0.15, 0.2) is 0 Å². The summed E-state index contributed by atoms with van der Waals surface area (Å²) in [5.41, 5.74) is 0.276. The van der Waals surface area contributed by atoms with Crippen LogP contribution in [0.1, 0.15) is 24.5 Å². The highest BCUT2D eigenvalue weighted by atomic mass is 16.5. The Morgan fingerprint density at radius 3 is 2.94 bits per heavy atom. The SMILES string of the molecule is COc1ccc2c(c1)C(O)(CC(=O)[O-])C(C)C2. The minimum absolute atomic E-state index is 0.137. The van der Waals surface area contributed by atoms with Gasteiger partial charge in [0.25, 0.3) is 0 Å². The Morgan fingerprint density at radius 1 is 1.65 bits per heavy atom. The second kappa shape index (κ2) is 4.04. The van der Waals surface area contributed by atoms with Crippen LogP contribution >= 0.6 is 0 Å². The molecule has 0 bridgehead atoms. The number of hydrogen-bond acceptors (Lipinski definition) is 4. The van der Waals surface area contributed by atoms with Gasteiger partial charge in [0.1, 0.15) is 5.75 Å². The molecule has 0 heterocycles. The summed E-state index contributed by atoms with van der Waals surface area (Å²) in [5, 5.41) is 21.3. The summed E-state index contributed by atoms with van der Waals surface area (Å²) in [6.45, 7) is 1.84. The Balaban J connectivity index is 2.47. The number of hydrogen-bond donors (Lipinski definition) is 1. The first kappa shape index (κ1) is 11.9. The summed E-state index contributed by atoms with van der Waals surface area (Å²) in [7, 11) is 1.54. The quantitative estimate of drug-likeness (QED) is 0.813. The van der Waals surface area contributed by atoms with Gasteiger partial charge < -0.3 is 19.7 Å². The maximum absolute atomic E-state index is 10.8. The van der Waals surface area contributed by atoms with Crippen molar-refractivity contribution in [2.24, 2.45) is 5.92 Å². The van der Waals surface area contributed by atoms with E-state index in [4.69, 9.17) is 4.74 Å². The molecule has 0 saturated heterocycles. The largest absolute Gasteiger partial charge is 0.550 e. The second-order valence-electron chi connectivity index (χ2n) is 4.60. The van der Waals surface area contributed by atoms with Gasteiger partial charge in [-0.25, -0.2) is 0 Å². The molecule has 0 saturated carbocycles. The van der Waals surface area contributed by atoms with Crippen molar-refractivity contribution in [3.8, 4) is 5.75 Å². The van der Waals surface area contributed by atoms with E-state index in [0.29, 0.717) is 17.7 Å². The number of aliphatic hydroxyl groups is 1. The molecule has 1 aliphatic rings. The molecule has 1 aromatic rings. The van der Waals surface area contributed by atoms with Gasteiger partial charge in [-0.15, -0.1) is 0 Å². The van der Waals surface area contributed by atoms with Crippen molar-refractivity contribution in [1.82, 2.24) is 0 Å². The fourth-order valence-corrected chi connectivity index (χ4v) is 2.52. The van der Waals surface area contributed by atoms with Gasteiger partial charge in [-0.3, -0.25) is 0 Å². The van der Waals surface area contributed by atoms with E-state index in [2.05, 4.69) is 0 Å². The molecule has 0 amide bonds. The van der Waals surface area contributed by atoms with Gasteiger partial charge in [0, 0.05) is 12.4 Å². The molecule has 2 atom stereocenters. The zero-order valence-corrected chi connectivity index (χ0v) is 9.90. The summed E-state index contributed by atoms with van der Waals surface area (Å²) in [5.74, 6) is -0.757. The maximum Gasteiger partial charge on any atom is 0.119 e. The van der Waals surface area contributed by atoms with Crippen molar-refractivity contribution < 1.29 is 19.7 Å². The highest BCUT2D eigenvalue weighted by Crippen LogP contribution is 2.44. The van der Waals surface area contributed by atoms with Crippen molar-refractivity contribution in [2.45, 2.75) is 25.4 Å². The van der Waals surface area contributed by atoms with Crippen LogP contribution in [0.25, 0.3) is 0 Å². The van der Waals surface area contributed by atoms with Crippen LogP contribution in [0.2, 0.25) is 0 Å². The number of benzene rings is 1. The molecule has 1 aromatic carbocycles. The fraction of sp³-hybridized carbons (Fsp3) is 0.462. The summed E-state index contributed by atoms with van der Waals surface area (Å²) in [6.07, 6.45) is 0.289. The highest BCUT2D eigenvalue weighted by molar-refractivity contribution is 5.67. The minimum atomic E-state index is -1.34. The molecule has 92 valence electrons. The molecule has 0 aromatic heterocycles. The zero-order valence-electron chi connectivity index (χ0n) is 9.90. The lowest BCUT2D eigenvalue weighted by Crippen LogP contribution is -2.38. The van der Waals surface area contributed by atoms with Crippen molar-refractivity contribution in [3.63, 3.8) is 0 Å². The average Bonchev–Trinajstić information content (AvgIpc) is 2.50. The van der Waals surface area contributed by atoms with E-state index < -0.39 is 11.6 Å². The van der Waals surface area contributed by atoms with E-state index in [9.17, 15) is 15.0 Å². The van der Waals surface area contributed by atoms with Gasteiger partial charge in [-0.05, 0) is 35.6 Å². The number of methoxy groups -OCH3 is 1. The third-order valence-electron chi connectivity index (χ3n) is 3.54. The van der Waals surface area contributed by atoms with Crippen molar-refractivity contribution >= 4 is 5.97 Å². The van der Waals surface area contributed by atoms with Gasteiger partial charge >= 0.3 is 0 Å². The Kier molecular flexibility index (Phi) is 2.83. The topological polar surface area (TPSA) is 69.6 Å². The fourth-order valence-electron chi connectivity index (χ4n) is 2.52. The van der Waals surface area contributed by atoms with Crippen LogP contribution in [0.3, 0.4) is 0 Å². The van der Waals surface area contributed by atoms with Crippen molar-refractivity contribution in [1.29, 1.82) is 0 Å². The number of aliphatic carboxylic acids is 1. The van der Waals surface area contributed by atoms with E-state index in [0.717, 1.165) is 5.56 Å². The van der Waals surface area contributed by atoms with Crippen LogP contribution in [0.15, 0.2) is 18.2 Å². The van der Waals surface area contributed by atoms with Crippen LogP contribution in [-0.4, -0.2) is 18.2 Å². The van der Waals surface area contributed by atoms with Crippen LogP contribution in [0.5, 0.6) is 5.75 Å². The van der Waals surface area contributed by atoms with Crippen molar-refractivity contribution in [3.05, 3.63) is 29.3 Å². The molecule has 0 spiro atoms. The molecule has 1 N–H and O–H groups in total. The summed E-state index contributed by atoms with van der Waals surface area (Å²) in [6, 6.07) is 5.40. The van der Waals surface area contributed by atoms with E-state index in [-0.39, 0.29) is 12.3 Å². The molecule has 2 rings (SSSR count). The predicted molar refractivity (Wildman–Crippen MR) is 59.4 cm³/mol. The third kappa shape index (κ3) is 1.89. The first-order valence-electron chi connectivity index (χ1n) is 5.57. The Labute approximate surface area is 99.8 Å². The number of carboxylic acids is 1. The Morgan fingerprint density at radius 2 is 2.35 bits per heavy atom. The molecule has 1 aliphatic carbocycles. The molecule has 17 heavy (non-hydrogen) atoms. The summed E-state index contributed by atoms with van der Waals surface area (Å²) in [4.78, 5) is 10.8. The van der Waals surface area contributed by atoms with E-state index in [1.807, 2.05) is 19.1 Å². The first-order valence-corrected chi connectivity index (χ1v) is 5.57. The average molecular weight is 235 g/mol. The number of ether oxygens (including phenoxy) is 1. The monoisotopic (exact) mass is 235 g/mol. The van der Waals surface area contributed by atoms with Gasteiger partial charge in [0.2, 0.25) is 0 Å². The molecular formula is C13H15O4-. The standard InChI is InChI=1S/C13H16O4/c1-8-5-9-3-4-10(17-2)6-11(9)13(8,16)7-12(14)15/h3-4,6,8,16H,5,7H2,1-2H3,(H,14,15)/p-1. The summed E-state index contributed by atoms with van der Waals surface area (Å²) >= 11 is 0.